The van der Waals surface area contributed by atoms with Gasteiger partial charge in [-0.3, -0.25) is 9.69 Å². The van der Waals surface area contributed by atoms with E-state index in [4.69, 9.17) is 5.11 Å². The van der Waals surface area contributed by atoms with Gasteiger partial charge in [0.1, 0.15) is 0 Å². The molecule has 0 fully saturated rings. The Morgan fingerprint density at radius 1 is 1.22 bits per heavy atom. The number of unbranched alkanes of at least 4 members (excludes halogenated alkanes) is 2. The minimum Gasteiger partial charge on any atom is -0.549 e. The number of aliphatic carboxylic acids is 2. The molecule has 0 aliphatic heterocycles. The molecule has 0 amide bonds. The van der Waals surface area contributed by atoms with E-state index >= 15 is 0 Å². The van der Waals surface area contributed by atoms with E-state index in [1.807, 2.05) is 12.2 Å². The number of hydrogen-bond donors (Lipinski definition) is 1. The zero-order valence-electron chi connectivity index (χ0n) is 11.2. The van der Waals surface area contributed by atoms with Gasteiger partial charge in [-0.1, -0.05) is 31.9 Å². The molecular formula is C12H20NNaO4. The maximum atomic E-state index is 10.5. The average molecular weight is 265 g/mol. The first kappa shape index (κ1) is 20.0. The third kappa shape index (κ3) is 13.7. The van der Waals surface area contributed by atoms with Gasteiger partial charge in [-0.05, 0) is 12.8 Å². The second kappa shape index (κ2) is 13.1. The van der Waals surface area contributed by atoms with Crippen LogP contribution in [0, 0.1) is 0 Å². The summed E-state index contributed by atoms with van der Waals surface area (Å²) in [5, 5.41) is 19.0. The standard InChI is InChI=1S/C12H21NO4.Na/c1-2-3-4-5-6-7-8-13(9-11(14)15)10-12(16)17;/h5-6H,2-4,7-10H2,1H3,(H,14,15)(H,16,17);/q;+1/p-1/b6-5+;. The molecule has 0 aliphatic rings. The van der Waals surface area contributed by atoms with Gasteiger partial charge in [-0.15, -0.1) is 0 Å². The van der Waals surface area contributed by atoms with Crippen molar-refractivity contribution in [1.29, 1.82) is 0 Å². The van der Waals surface area contributed by atoms with Crippen LogP contribution in [0.3, 0.4) is 0 Å². The van der Waals surface area contributed by atoms with E-state index in [2.05, 4.69) is 6.92 Å². The fourth-order valence-electron chi connectivity index (χ4n) is 1.40. The van der Waals surface area contributed by atoms with Crippen molar-refractivity contribution in [3.05, 3.63) is 12.2 Å². The van der Waals surface area contributed by atoms with Crippen molar-refractivity contribution >= 4 is 11.9 Å². The molecule has 0 heterocycles. The number of carboxylic acids is 2. The number of nitrogens with zero attached hydrogens (tertiary/aromatic N) is 1. The smallest absolute Gasteiger partial charge is 0.549 e. The summed E-state index contributed by atoms with van der Waals surface area (Å²) in [6, 6.07) is 0. The molecule has 0 atom stereocenters. The van der Waals surface area contributed by atoms with E-state index < -0.39 is 11.9 Å². The number of allylic oxidation sites excluding steroid dienone is 1. The van der Waals surface area contributed by atoms with Gasteiger partial charge in [-0.25, -0.2) is 0 Å². The van der Waals surface area contributed by atoms with E-state index in [1.54, 1.807) is 0 Å². The van der Waals surface area contributed by atoms with Gasteiger partial charge in [0.2, 0.25) is 0 Å². The molecule has 0 unspecified atom stereocenters. The third-order valence-corrected chi connectivity index (χ3v) is 2.21. The maximum Gasteiger partial charge on any atom is 1.00 e. The molecule has 0 bridgehead atoms. The van der Waals surface area contributed by atoms with Gasteiger partial charge in [0.05, 0.1) is 12.5 Å². The van der Waals surface area contributed by atoms with Crippen LogP contribution in [0.1, 0.15) is 32.6 Å². The first-order valence-electron chi connectivity index (χ1n) is 5.85. The Labute approximate surface area is 130 Å². The van der Waals surface area contributed by atoms with Crippen LogP contribution in [0.15, 0.2) is 12.2 Å². The predicted molar refractivity (Wildman–Crippen MR) is 62.4 cm³/mol. The summed E-state index contributed by atoms with van der Waals surface area (Å²) in [6.45, 7) is 1.93. The van der Waals surface area contributed by atoms with Gasteiger partial charge >= 0.3 is 35.5 Å². The summed E-state index contributed by atoms with van der Waals surface area (Å²) in [5.74, 6) is -2.28. The van der Waals surface area contributed by atoms with E-state index in [1.165, 1.54) is 4.90 Å². The Hall–Kier alpha value is -0.360. The Kier molecular flexibility index (Phi) is 14.5. The normalized spacial score (nSPS) is 10.6. The van der Waals surface area contributed by atoms with Crippen LogP contribution in [0.25, 0.3) is 0 Å². The molecule has 0 aliphatic carbocycles. The minimum absolute atomic E-state index is 0. The van der Waals surface area contributed by atoms with Crippen molar-refractivity contribution in [3.63, 3.8) is 0 Å². The predicted octanol–water partition coefficient (Wildman–Crippen LogP) is -2.74. The van der Waals surface area contributed by atoms with E-state index in [0.29, 0.717) is 13.0 Å². The van der Waals surface area contributed by atoms with Crippen LogP contribution < -0.4 is 34.7 Å². The number of carbonyl (C=O) groups excluding carboxylic acids is 1. The van der Waals surface area contributed by atoms with Gasteiger partial charge < -0.3 is 15.0 Å². The van der Waals surface area contributed by atoms with Crippen LogP contribution in [-0.4, -0.2) is 41.6 Å². The Balaban J connectivity index is 0. The molecule has 0 saturated heterocycles. The first-order valence-corrected chi connectivity index (χ1v) is 5.85. The van der Waals surface area contributed by atoms with Crippen LogP contribution in [-0.2, 0) is 9.59 Å². The van der Waals surface area contributed by atoms with Gasteiger partial charge in [0.25, 0.3) is 0 Å². The van der Waals surface area contributed by atoms with E-state index in [0.717, 1.165) is 19.3 Å². The number of carboxylic acid groups (broad SMARTS) is 2. The number of hydrogen-bond acceptors (Lipinski definition) is 4. The van der Waals surface area contributed by atoms with Crippen molar-refractivity contribution in [1.82, 2.24) is 4.90 Å². The molecule has 6 heteroatoms. The average Bonchev–Trinajstić information content (AvgIpc) is 2.21. The molecule has 18 heavy (non-hydrogen) atoms. The van der Waals surface area contributed by atoms with Crippen LogP contribution >= 0.6 is 0 Å². The van der Waals surface area contributed by atoms with Crippen LogP contribution in [0.2, 0.25) is 0 Å². The largest absolute Gasteiger partial charge is 1.00 e. The van der Waals surface area contributed by atoms with Crippen molar-refractivity contribution in [2.24, 2.45) is 0 Å². The fraction of sp³-hybridized carbons (Fsp3) is 0.667. The summed E-state index contributed by atoms with van der Waals surface area (Å²) in [5.41, 5.74) is 0. The van der Waals surface area contributed by atoms with Crippen molar-refractivity contribution in [2.75, 3.05) is 19.6 Å². The van der Waals surface area contributed by atoms with Gasteiger partial charge in [-0.2, -0.15) is 0 Å². The second-order valence-corrected chi connectivity index (χ2v) is 3.88. The number of carbonyl (C=O) groups is 2. The third-order valence-electron chi connectivity index (χ3n) is 2.21. The molecule has 0 aromatic carbocycles. The zero-order chi connectivity index (χ0) is 13.1. The monoisotopic (exact) mass is 265 g/mol. The topological polar surface area (TPSA) is 80.7 Å². The molecule has 98 valence electrons. The minimum atomic E-state index is -1.25. The van der Waals surface area contributed by atoms with Gasteiger partial charge in [0, 0.05) is 13.1 Å². The van der Waals surface area contributed by atoms with Crippen molar-refractivity contribution in [2.45, 2.75) is 32.6 Å². The van der Waals surface area contributed by atoms with E-state index in [9.17, 15) is 14.7 Å². The summed E-state index contributed by atoms with van der Waals surface area (Å²) in [4.78, 5) is 22.2. The Morgan fingerprint density at radius 3 is 2.33 bits per heavy atom. The van der Waals surface area contributed by atoms with Crippen molar-refractivity contribution in [3.8, 4) is 0 Å². The Morgan fingerprint density at radius 2 is 1.83 bits per heavy atom. The quantitative estimate of drug-likeness (QED) is 0.263. The summed E-state index contributed by atoms with van der Waals surface area (Å²) in [6.07, 6.45) is 7.94. The second-order valence-electron chi connectivity index (χ2n) is 3.88. The molecular weight excluding hydrogens is 245 g/mol. The first-order chi connectivity index (χ1) is 8.06. The molecule has 0 aromatic rings. The Bertz CT molecular complexity index is 253. The summed E-state index contributed by atoms with van der Waals surface area (Å²) < 4.78 is 0. The summed E-state index contributed by atoms with van der Waals surface area (Å²) in [7, 11) is 0. The number of rotatable bonds is 10. The van der Waals surface area contributed by atoms with E-state index in [-0.39, 0.29) is 42.6 Å². The van der Waals surface area contributed by atoms with Crippen molar-refractivity contribution < 1.29 is 49.4 Å². The fourth-order valence-corrected chi connectivity index (χ4v) is 1.40. The van der Waals surface area contributed by atoms with Gasteiger partial charge in [0.15, 0.2) is 0 Å². The maximum absolute atomic E-state index is 10.5. The van der Waals surface area contributed by atoms with Crippen LogP contribution in [0.4, 0.5) is 0 Å². The molecule has 5 nitrogen and oxygen atoms in total. The SMILES string of the molecule is CCCC/C=C/CCN(CC(=O)[O-])CC(=O)O.[Na+]. The molecule has 0 radical (unpaired) electrons. The zero-order valence-corrected chi connectivity index (χ0v) is 13.2. The molecule has 0 aromatic heterocycles. The van der Waals surface area contributed by atoms with Crippen LogP contribution in [0.5, 0.6) is 0 Å². The summed E-state index contributed by atoms with van der Waals surface area (Å²) >= 11 is 0. The molecule has 0 rings (SSSR count). The molecule has 0 spiro atoms. The molecule has 0 saturated carbocycles. The molecule has 1 N–H and O–H groups in total.